The summed E-state index contributed by atoms with van der Waals surface area (Å²) >= 11 is 0. The number of hydrogen-bond donors (Lipinski definition) is 1. The molecule has 3 heteroatoms. The van der Waals surface area contributed by atoms with Crippen LogP contribution in [-0.2, 0) is 6.42 Å². The minimum absolute atomic E-state index is 0.308. The molecule has 3 rings (SSSR count). The highest BCUT2D eigenvalue weighted by molar-refractivity contribution is 5.59. The summed E-state index contributed by atoms with van der Waals surface area (Å²) in [5, 5.41) is 3.54. The van der Waals surface area contributed by atoms with Crippen molar-refractivity contribution in [2.45, 2.75) is 84.0 Å². The summed E-state index contributed by atoms with van der Waals surface area (Å²) in [7, 11) is 0. The Bertz CT molecular complexity index is 520. The summed E-state index contributed by atoms with van der Waals surface area (Å²) in [6.07, 6.45) is 6.53. The summed E-state index contributed by atoms with van der Waals surface area (Å²) in [6.45, 7) is 10.3. The predicted molar refractivity (Wildman–Crippen MR) is 97.4 cm³/mol. The van der Waals surface area contributed by atoms with Crippen molar-refractivity contribution in [1.29, 1.82) is 0 Å². The largest absolute Gasteiger partial charge is 0.486 e. The van der Waals surface area contributed by atoms with Crippen LogP contribution in [0.25, 0.3) is 0 Å². The van der Waals surface area contributed by atoms with Crippen molar-refractivity contribution in [3.63, 3.8) is 0 Å². The Hall–Kier alpha value is -1.22. The first-order valence-corrected chi connectivity index (χ1v) is 9.39. The average Bonchev–Trinajstić information content (AvgIpc) is 2.54. The molecule has 0 spiro atoms. The summed E-state index contributed by atoms with van der Waals surface area (Å²) in [4.78, 5) is 2.72. The fourth-order valence-electron chi connectivity index (χ4n) is 4.37. The molecular weight excluding hydrogens is 284 g/mol. The van der Waals surface area contributed by atoms with E-state index in [1.54, 1.807) is 0 Å². The van der Waals surface area contributed by atoms with Gasteiger partial charge in [-0.05, 0) is 64.2 Å². The lowest BCUT2D eigenvalue weighted by molar-refractivity contribution is 0.0628. The van der Waals surface area contributed by atoms with Gasteiger partial charge in [-0.1, -0.05) is 19.4 Å². The molecule has 0 aromatic heterocycles. The van der Waals surface area contributed by atoms with Crippen molar-refractivity contribution in [2.75, 3.05) is 11.9 Å². The molecule has 4 unspecified atom stereocenters. The van der Waals surface area contributed by atoms with Crippen LogP contribution in [0.5, 0.6) is 5.75 Å². The van der Waals surface area contributed by atoms with Crippen LogP contribution < -0.4 is 10.1 Å². The van der Waals surface area contributed by atoms with E-state index in [1.165, 1.54) is 30.5 Å². The van der Waals surface area contributed by atoms with Crippen LogP contribution in [0.1, 0.15) is 58.9 Å². The van der Waals surface area contributed by atoms with E-state index in [4.69, 9.17) is 4.74 Å². The van der Waals surface area contributed by atoms with E-state index in [2.05, 4.69) is 56.1 Å². The van der Waals surface area contributed by atoms with Crippen molar-refractivity contribution in [1.82, 2.24) is 4.90 Å². The summed E-state index contributed by atoms with van der Waals surface area (Å²) in [5.41, 5.74) is 2.58. The zero-order valence-electron chi connectivity index (χ0n) is 15.1. The topological polar surface area (TPSA) is 24.5 Å². The SMILES string of the molecule is CCC1CNc2cc(CC(C)N3C(C)CCCC3C)ccc2O1. The third kappa shape index (κ3) is 3.65. The van der Waals surface area contributed by atoms with Gasteiger partial charge in [0.15, 0.2) is 0 Å². The predicted octanol–water partition coefficient (Wildman–Crippen LogP) is 4.46. The Balaban J connectivity index is 1.68. The fourth-order valence-corrected chi connectivity index (χ4v) is 4.37. The van der Waals surface area contributed by atoms with Gasteiger partial charge >= 0.3 is 0 Å². The smallest absolute Gasteiger partial charge is 0.142 e. The van der Waals surface area contributed by atoms with Crippen molar-refractivity contribution < 1.29 is 4.74 Å². The van der Waals surface area contributed by atoms with Crippen LogP contribution in [0, 0.1) is 0 Å². The second kappa shape index (κ2) is 7.12. The number of piperidine rings is 1. The van der Waals surface area contributed by atoms with E-state index in [0.29, 0.717) is 24.2 Å². The number of anilines is 1. The maximum Gasteiger partial charge on any atom is 0.142 e. The van der Waals surface area contributed by atoms with Crippen molar-refractivity contribution in [3.8, 4) is 5.75 Å². The maximum absolute atomic E-state index is 6.02. The first kappa shape index (κ1) is 16.6. The standard InChI is InChI=1S/C20H32N2O/c1-5-18-13-21-19-12-17(9-10-20(19)23-18)11-16(4)22-14(2)7-6-8-15(22)3/h9-10,12,14-16,18,21H,5-8,11,13H2,1-4H3. The molecule has 0 saturated carbocycles. The molecule has 3 nitrogen and oxygen atoms in total. The normalized spacial score (nSPS) is 29.3. The molecule has 1 fully saturated rings. The fraction of sp³-hybridized carbons (Fsp3) is 0.700. The van der Waals surface area contributed by atoms with Gasteiger partial charge in [-0.2, -0.15) is 0 Å². The maximum atomic E-state index is 6.02. The Labute approximate surface area is 141 Å². The van der Waals surface area contributed by atoms with E-state index in [-0.39, 0.29) is 0 Å². The highest BCUT2D eigenvalue weighted by Crippen LogP contribution is 2.32. The number of ether oxygens (including phenoxy) is 1. The first-order chi connectivity index (χ1) is 11.1. The molecule has 1 aromatic rings. The van der Waals surface area contributed by atoms with Crippen molar-refractivity contribution in [3.05, 3.63) is 23.8 Å². The van der Waals surface area contributed by atoms with Gasteiger partial charge in [0.1, 0.15) is 11.9 Å². The number of rotatable bonds is 4. The molecule has 23 heavy (non-hydrogen) atoms. The van der Waals surface area contributed by atoms with E-state index >= 15 is 0 Å². The molecule has 0 radical (unpaired) electrons. The summed E-state index contributed by atoms with van der Waals surface area (Å²) in [5.74, 6) is 1.01. The molecule has 1 saturated heterocycles. The lowest BCUT2D eigenvalue weighted by atomic mass is 9.93. The molecule has 2 heterocycles. The number of hydrogen-bond acceptors (Lipinski definition) is 3. The molecule has 0 amide bonds. The molecule has 4 atom stereocenters. The van der Waals surface area contributed by atoms with Gasteiger partial charge in [0, 0.05) is 18.1 Å². The van der Waals surface area contributed by atoms with Crippen LogP contribution in [0.15, 0.2) is 18.2 Å². The number of nitrogens with zero attached hydrogens (tertiary/aromatic N) is 1. The zero-order valence-corrected chi connectivity index (χ0v) is 15.1. The molecule has 1 N–H and O–H groups in total. The Morgan fingerprint density at radius 1 is 1.26 bits per heavy atom. The third-order valence-corrected chi connectivity index (χ3v) is 5.61. The van der Waals surface area contributed by atoms with Gasteiger partial charge in [0.2, 0.25) is 0 Å². The van der Waals surface area contributed by atoms with Gasteiger partial charge in [0.25, 0.3) is 0 Å². The molecule has 0 aliphatic carbocycles. The monoisotopic (exact) mass is 316 g/mol. The Kier molecular flexibility index (Phi) is 5.15. The van der Waals surface area contributed by atoms with Gasteiger partial charge in [-0.3, -0.25) is 4.90 Å². The molecule has 1 aromatic carbocycles. The number of fused-ring (bicyclic) bond motifs is 1. The molecular formula is C20H32N2O. The minimum Gasteiger partial charge on any atom is -0.486 e. The lowest BCUT2D eigenvalue weighted by Crippen LogP contribution is -2.49. The highest BCUT2D eigenvalue weighted by atomic mass is 16.5. The number of likely N-dealkylation sites (tertiary alicyclic amines) is 1. The van der Waals surface area contributed by atoms with Crippen LogP contribution in [0.3, 0.4) is 0 Å². The quantitative estimate of drug-likeness (QED) is 0.887. The molecule has 2 aliphatic rings. The number of nitrogens with one attached hydrogen (secondary N) is 1. The van der Waals surface area contributed by atoms with E-state index in [9.17, 15) is 0 Å². The van der Waals surface area contributed by atoms with Gasteiger partial charge in [-0.25, -0.2) is 0 Å². The highest BCUT2D eigenvalue weighted by Gasteiger charge is 2.29. The average molecular weight is 316 g/mol. The van der Waals surface area contributed by atoms with Gasteiger partial charge in [0.05, 0.1) is 12.2 Å². The van der Waals surface area contributed by atoms with E-state index in [1.807, 2.05) is 0 Å². The second-order valence-electron chi connectivity index (χ2n) is 7.49. The lowest BCUT2D eigenvalue weighted by Gasteiger charge is -2.43. The van der Waals surface area contributed by atoms with Gasteiger partial charge in [-0.15, -0.1) is 0 Å². The van der Waals surface area contributed by atoms with Crippen LogP contribution in [0.4, 0.5) is 5.69 Å². The summed E-state index contributed by atoms with van der Waals surface area (Å²) < 4.78 is 6.02. The van der Waals surface area contributed by atoms with Crippen LogP contribution >= 0.6 is 0 Å². The van der Waals surface area contributed by atoms with Crippen LogP contribution in [0.2, 0.25) is 0 Å². The third-order valence-electron chi connectivity index (χ3n) is 5.61. The van der Waals surface area contributed by atoms with Crippen LogP contribution in [-0.4, -0.2) is 35.7 Å². The minimum atomic E-state index is 0.308. The molecule has 128 valence electrons. The van der Waals surface area contributed by atoms with Crippen molar-refractivity contribution >= 4 is 5.69 Å². The molecule has 2 aliphatic heterocycles. The first-order valence-electron chi connectivity index (χ1n) is 9.39. The number of benzene rings is 1. The Morgan fingerprint density at radius 2 is 2.00 bits per heavy atom. The molecule has 0 bridgehead atoms. The summed E-state index contributed by atoms with van der Waals surface area (Å²) in [6, 6.07) is 8.68. The second-order valence-corrected chi connectivity index (χ2v) is 7.49. The van der Waals surface area contributed by atoms with E-state index in [0.717, 1.165) is 25.1 Å². The Morgan fingerprint density at radius 3 is 2.70 bits per heavy atom. The van der Waals surface area contributed by atoms with Crippen molar-refractivity contribution in [2.24, 2.45) is 0 Å². The van der Waals surface area contributed by atoms with E-state index < -0.39 is 0 Å². The van der Waals surface area contributed by atoms with Gasteiger partial charge < -0.3 is 10.1 Å². The zero-order chi connectivity index (χ0) is 16.4.